The molecule has 2 aliphatic rings. The molecule has 0 atom stereocenters. The zero-order chi connectivity index (χ0) is 11.7. The van der Waals surface area contributed by atoms with Crippen LogP contribution in [0.1, 0.15) is 25.7 Å². The third-order valence-electron chi connectivity index (χ3n) is 3.66. The number of hydrogen-bond donors (Lipinski definition) is 0. The number of nitrogens with zero attached hydrogens (tertiary/aromatic N) is 1. The van der Waals surface area contributed by atoms with Gasteiger partial charge in [-0.05, 0) is 72.5 Å². The van der Waals surface area contributed by atoms with Crippen molar-refractivity contribution in [1.29, 1.82) is 0 Å². The van der Waals surface area contributed by atoms with E-state index in [0.717, 1.165) is 11.8 Å². The fourth-order valence-corrected chi connectivity index (χ4v) is 2.86. The van der Waals surface area contributed by atoms with Crippen LogP contribution in [0.3, 0.4) is 0 Å². The Morgan fingerprint density at radius 1 is 1.00 bits per heavy atom. The standard InChI is InChI=1S/C14H18INO/c15-11-1-5-13(6-2-11)17-14-7-9-16(10-8-14)12-3-4-12/h1-2,5-6,12,14H,3-4,7-10H2. The van der Waals surface area contributed by atoms with Crippen molar-refractivity contribution in [1.82, 2.24) is 4.90 Å². The van der Waals surface area contributed by atoms with Gasteiger partial charge >= 0.3 is 0 Å². The summed E-state index contributed by atoms with van der Waals surface area (Å²) in [5.41, 5.74) is 0. The monoisotopic (exact) mass is 343 g/mol. The molecule has 3 rings (SSSR count). The summed E-state index contributed by atoms with van der Waals surface area (Å²) in [7, 11) is 0. The topological polar surface area (TPSA) is 12.5 Å². The number of hydrogen-bond acceptors (Lipinski definition) is 2. The highest BCUT2D eigenvalue weighted by Gasteiger charge is 2.32. The molecule has 0 aromatic heterocycles. The second-order valence-electron chi connectivity index (χ2n) is 5.04. The van der Waals surface area contributed by atoms with Crippen LogP contribution in [0.25, 0.3) is 0 Å². The van der Waals surface area contributed by atoms with Crippen molar-refractivity contribution in [3.05, 3.63) is 27.8 Å². The average molecular weight is 343 g/mol. The molecule has 1 aliphatic heterocycles. The minimum Gasteiger partial charge on any atom is -0.490 e. The highest BCUT2D eigenvalue weighted by atomic mass is 127. The van der Waals surface area contributed by atoms with E-state index in [9.17, 15) is 0 Å². The molecule has 0 amide bonds. The molecule has 1 saturated heterocycles. The summed E-state index contributed by atoms with van der Waals surface area (Å²) in [5.74, 6) is 1.02. The minimum atomic E-state index is 0.421. The molecule has 1 aromatic rings. The number of halogens is 1. The van der Waals surface area contributed by atoms with Crippen LogP contribution in [-0.2, 0) is 0 Å². The summed E-state index contributed by atoms with van der Waals surface area (Å²) in [6.45, 7) is 2.44. The van der Waals surface area contributed by atoms with Crippen LogP contribution in [0.4, 0.5) is 0 Å². The van der Waals surface area contributed by atoms with Crippen molar-refractivity contribution in [2.24, 2.45) is 0 Å². The fourth-order valence-electron chi connectivity index (χ4n) is 2.50. The lowest BCUT2D eigenvalue weighted by Gasteiger charge is -2.32. The highest BCUT2D eigenvalue weighted by Crippen LogP contribution is 2.30. The predicted molar refractivity (Wildman–Crippen MR) is 77.4 cm³/mol. The van der Waals surface area contributed by atoms with E-state index >= 15 is 0 Å². The Morgan fingerprint density at radius 3 is 2.24 bits per heavy atom. The Balaban J connectivity index is 1.51. The minimum absolute atomic E-state index is 0.421. The summed E-state index contributed by atoms with van der Waals surface area (Å²) in [6, 6.07) is 9.28. The van der Waals surface area contributed by atoms with E-state index in [1.165, 1.54) is 42.3 Å². The van der Waals surface area contributed by atoms with Crippen molar-refractivity contribution >= 4 is 22.6 Å². The quantitative estimate of drug-likeness (QED) is 0.781. The van der Waals surface area contributed by atoms with Crippen LogP contribution < -0.4 is 4.74 Å². The number of rotatable bonds is 3. The second kappa shape index (κ2) is 5.14. The van der Waals surface area contributed by atoms with Crippen molar-refractivity contribution in [3.8, 4) is 5.75 Å². The molecule has 0 radical (unpaired) electrons. The molecular weight excluding hydrogens is 325 g/mol. The fraction of sp³-hybridized carbons (Fsp3) is 0.571. The molecule has 2 fully saturated rings. The van der Waals surface area contributed by atoms with Crippen molar-refractivity contribution in [3.63, 3.8) is 0 Å². The maximum Gasteiger partial charge on any atom is 0.119 e. The van der Waals surface area contributed by atoms with E-state index in [-0.39, 0.29) is 0 Å². The molecule has 0 N–H and O–H groups in total. The van der Waals surface area contributed by atoms with Gasteiger partial charge in [0.15, 0.2) is 0 Å². The van der Waals surface area contributed by atoms with E-state index < -0.39 is 0 Å². The maximum atomic E-state index is 6.03. The third-order valence-corrected chi connectivity index (χ3v) is 4.38. The molecule has 1 aromatic carbocycles. The van der Waals surface area contributed by atoms with Crippen LogP contribution in [0.2, 0.25) is 0 Å². The molecule has 2 nitrogen and oxygen atoms in total. The van der Waals surface area contributed by atoms with Gasteiger partial charge in [0.25, 0.3) is 0 Å². The number of likely N-dealkylation sites (tertiary alicyclic amines) is 1. The largest absolute Gasteiger partial charge is 0.490 e. The van der Waals surface area contributed by atoms with E-state index in [0.29, 0.717) is 6.10 Å². The van der Waals surface area contributed by atoms with E-state index in [1.54, 1.807) is 0 Å². The SMILES string of the molecule is Ic1ccc(OC2CCN(C3CC3)CC2)cc1. The second-order valence-corrected chi connectivity index (χ2v) is 6.28. The Kier molecular flexibility index (Phi) is 3.56. The van der Waals surface area contributed by atoms with E-state index in [2.05, 4.69) is 51.8 Å². The Labute approximate surface area is 116 Å². The Bertz CT molecular complexity index is 366. The van der Waals surface area contributed by atoms with E-state index in [4.69, 9.17) is 4.74 Å². The summed E-state index contributed by atoms with van der Waals surface area (Å²) in [5, 5.41) is 0. The zero-order valence-electron chi connectivity index (χ0n) is 9.94. The number of ether oxygens (including phenoxy) is 1. The number of benzene rings is 1. The van der Waals surface area contributed by atoms with Gasteiger partial charge in [0.1, 0.15) is 11.9 Å². The lowest BCUT2D eigenvalue weighted by atomic mass is 10.1. The third kappa shape index (κ3) is 3.13. The average Bonchev–Trinajstić information content (AvgIpc) is 3.17. The van der Waals surface area contributed by atoms with Gasteiger partial charge in [0.2, 0.25) is 0 Å². The highest BCUT2D eigenvalue weighted by molar-refractivity contribution is 14.1. The van der Waals surface area contributed by atoms with Crippen LogP contribution in [0.15, 0.2) is 24.3 Å². The molecule has 92 valence electrons. The molecule has 1 saturated carbocycles. The van der Waals surface area contributed by atoms with Gasteiger partial charge in [-0.15, -0.1) is 0 Å². The van der Waals surface area contributed by atoms with E-state index in [1.807, 2.05) is 0 Å². The summed E-state index contributed by atoms with van der Waals surface area (Å²) in [4.78, 5) is 2.63. The van der Waals surface area contributed by atoms with Crippen LogP contribution in [-0.4, -0.2) is 30.1 Å². The molecular formula is C14H18INO. The van der Waals surface area contributed by atoms with Crippen molar-refractivity contribution in [2.75, 3.05) is 13.1 Å². The molecule has 0 unspecified atom stereocenters. The maximum absolute atomic E-state index is 6.03. The molecule has 0 bridgehead atoms. The Morgan fingerprint density at radius 2 is 1.65 bits per heavy atom. The van der Waals surface area contributed by atoms with Crippen molar-refractivity contribution < 1.29 is 4.74 Å². The lowest BCUT2D eigenvalue weighted by molar-refractivity contribution is 0.0965. The van der Waals surface area contributed by atoms with Crippen LogP contribution >= 0.6 is 22.6 Å². The summed E-state index contributed by atoms with van der Waals surface area (Å²) >= 11 is 2.32. The first-order valence-electron chi connectivity index (χ1n) is 6.47. The van der Waals surface area contributed by atoms with Gasteiger partial charge < -0.3 is 9.64 Å². The first-order valence-corrected chi connectivity index (χ1v) is 7.55. The molecule has 1 heterocycles. The van der Waals surface area contributed by atoms with Gasteiger partial charge in [0.05, 0.1) is 0 Å². The number of piperidine rings is 1. The van der Waals surface area contributed by atoms with Gasteiger partial charge in [-0.2, -0.15) is 0 Å². The first kappa shape index (κ1) is 11.8. The van der Waals surface area contributed by atoms with Crippen LogP contribution in [0, 0.1) is 3.57 Å². The van der Waals surface area contributed by atoms with Gasteiger partial charge in [-0.1, -0.05) is 0 Å². The zero-order valence-corrected chi connectivity index (χ0v) is 12.1. The smallest absolute Gasteiger partial charge is 0.119 e. The van der Waals surface area contributed by atoms with Crippen molar-refractivity contribution in [2.45, 2.75) is 37.8 Å². The molecule has 3 heteroatoms. The molecule has 17 heavy (non-hydrogen) atoms. The Hall–Kier alpha value is -0.290. The molecule has 0 spiro atoms. The summed E-state index contributed by atoms with van der Waals surface area (Å²) < 4.78 is 7.29. The van der Waals surface area contributed by atoms with Crippen LogP contribution in [0.5, 0.6) is 5.75 Å². The lowest BCUT2D eigenvalue weighted by Crippen LogP contribution is -2.39. The van der Waals surface area contributed by atoms with Gasteiger partial charge in [0, 0.05) is 22.7 Å². The summed E-state index contributed by atoms with van der Waals surface area (Å²) in [6.07, 6.45) is 5.63. The first-order chi connectivity index (χ1) is 8.31. The molecule has 1 aliphatic carbocycles. The van der Waals surface area contributed by atoms with Gasteiger partial charge in [-0.3, -0.25) is 0 Å². The van der Waals surface area contributed by atoms with Gasteiger partial charge in [-0.25, -0.2) is 0 Å². The normalized spacial score (nSPS) is 22.6. The predicted octanol–water partition coefficient (Wildman–Crippen LogP) is 3.30.